The third-order valence-electron chi connectivity index (χ3n) is 4.99. The molecule has 0 unspecified atom stereocenters. The normalized spacial score (nSPS) is 11.9. The summed E-state index contributed by atoms with van der Waals surface area (Å²) in [6, 6.07) is 10.9. The lowest BCUT2D eigenvalue weighted by atomic mass is 10.0. The van der Waals surface area contributed by atoms with Gasteiger partial charge in [0.1, 0.15) is 0 Å². The number of aryl methyl sites for hydroxylation is 1. The van der Waals surface area contributed by atoms with Gasteiger partial charge in [0.2, 0.25) is 0 Å². The maximum Gasteiger partial charge on any atom is 0.294 e. The second kappa shape index (κ2) is 10.7. The third kappa shape index (κ3) is 7.08. The van der Waals surface area contributed by atoms with Crippen LogP contribution in [0, 0.1) is 0 Å². The summed E-state index contributed by atoms with van der Waals surface area (Å²) in [5, 5.41) is 1.86. The highest BCUT2D eigenvalue weighted by molar-refractivity contribution is 7.85. The fourth-order valence-electron chi connectivity index (χ4n) is 3.41. The first-order valence-corrected chi connectivity index (χ1v) is 11.4. The van der Waals surface area contributed by atoms with Crippen LogP contribution in [0.25, 0.3) is 10.8 Å². The van der Waals surface area contributed by atoms with Gasteiger partial charge in [-0.2, -0.15) is 8.42 Å². The standard InChI is InChI=1S/C22H32O3S/c1-2-3-4-5-6-7-8-9-10-11-12-19-13-14-20-15-16-22(26(23,24)25)18-21(20)17-19/h13-18H,2-12H2,1H3,(H,23,24,25). The van der Waals surface area contributed by atoms with Crippen LogP contribution in [0.4, 0.5) is 0 Å². The molecular formula is C22H32O3S. The molecule has 0 radical (unpaired) electrons. The Labute approximate surface area is 158 Å². The molecule has 2 rings (SSSR count). The highest BCUT2D eigenvalue weighted by Gasteiger charge is 2.09. The molecule has 0 saturated heterocycles. The van der Waals surface area contributed by atoms with Gasteiger partial charge >= 0.3 is 0 Å². The monoisotopic (exact) mass is 376 g/mol. The number of hydrogen-bond acceptors (Lipinski definition) is 2. The Bertz CT molecular complexity index is 781. The Morgan fingerprint density at radius 3 is 1.92 bits per heavy atom. The van der Waals surface area contributed by atoms with E-state index in [9.17, 15) is 13.0 Å². The summed E-state index contributed by atoms with van der Waals surface area (Å²) in [7, 11) is -4.14. The maximum absolute atomic E-state index is 11.3. The van der Waals surface area contributed by atoms with Gasteiger partial charge in [0.05, 0.1) is 4.90 Å². The van der Waals surface area contributed by atoms with Crippen molar-refractivity contribution >= 4 is 20.9 Å². The molecule has 4 heteroatoms. The molecule has 0 amide bonds. The first-order valence-electron chi connectivity index (χ1n) is 10.0. The fourth-order valence-corrected chi connectivity index (χ4v) is 3.92. The Kier molecular flexibility index (Phi) is 8.60. The summed E-state index contributed by atoms with van der Waals surface area (Å²) in [5.41, 5.74) is 1.23. The predicted octanol–water partition coefficient (Wildman–Crippen LogP) is 6.55. The lowest BCUT2D eigenvalue weighted by molar-refractivity contribution is 0.483. The Morgan fingerprint density at radius 1 is 0.731 bits per heavy atom. The molecule has 0 aliphatic rings. The molecule has 2 aromatic carbocycles. The van der Waals surface area contributed by atoms with E-state index in [-0.39, 0.29) is 4.90 Å². The zero-order chi connectivity index (χ0) is 18.8. The summed E-state index contributed by atoms with van der Waals surface area (Å²) >= 11 is 0. The summed E-state index contributed by atoms with van der Waals surface area (Å²) < 4.78 is 31.8. The first-order chi connectivity index (χ1) is 12.5. The van der Waals surface area contributed by atoms with Gasteiger partial charge in [0.25, 0.3) is 10.1 Å². The van der Waals surface area contributed by atoms with Gasteiger partial charge in [-0.25, -0.2) is 0 Å². The quantitative estimate of drug-likeness (QED) is 0.337. The van der Waals surface area contributed by atoms with E-state index < -0.39 is 10.1 Å². The fraction of sp³-hybridized carbons (Fsp3) is 0.545. The number of fused-ring (bicyclic) bond motifs is 1. The predicted molar refractivity (Wildman–Crippen MR) is 109 cm³/mol. The van der Waals surface area contributed by atoms with Crippen LogP contribution in [0.5, 0.6) is 0 Å². The SMILES string of the molecule is CCCCCCCCCCCCc1ccc2ccc(S(=O)(=O)O)cc2c1. The molecule has 144 valence electrons. The molecule has 0 atom stereocenters. The molecule has 1 N–H and O–H groups in total. The number of unbranched alkanes of at least 4 members (excludes halogenated alkanes) is 9. The molecule has 3 nitrogen and oxygen atoms in total. The van der Waals surface area contributed by atoms with E-state index in [0.29, 0.717) is 0 Å². The molecule has 0 heterocycles. The van der Waals surface area contributed by atoms with Gasteiger partial charge in [-0.05, 0) is 41.3 Å². The topological polar surface area (TPSA) is 54.4 Å². The average Bonchev–Trinajstić information content (AvgIpc) is 2.62. The van der Waals surface area contributed by atoms with Crippen molar-refractivity contribution in [3.05, 3.63) is 42.0 Å². The highest BCUT2D eigenvalue weighted by Crippen LogP contribution is 2.22. The van der Waals surface area contributed by atoms with Crippen molar-refractivity contribution in [1.82, 2.24) is 0 Å². The maximum atomic E-state index is 11.3. The van der Waals surface area contributed by atoms with E-state index in [1.54, 1.807) is 12.1 Å². The van der Waals surface area contributed by atoms with Crippen LogP contribution < -0.4 is 0 Å². The van der Waals surface area contributed by atoms with Crippen molar-refractivity contribution in [1.29, 1.82) is 0 Å². The Morgan fingerprint density at radius 2 is 1.31 bits per heavy atom. The molecule has 2 aromatic rings. The summed E-state index contributed by atoms with van der Waals surface area (Å²) in [6.45, 7) is 2.25. The third-order valence-corrected chi connectivity index (χ3v) is 5.84. The molecule has 0 aliphatic heterocycles. The smallest absolute Gasteiger partial charge is 0.282 e. The summed E-state index contributed by atoms with van der Waals surface area (Å²) in [4.78, 5) is -0.0407. The van der Waals surface area contributed by atoms with Crippen molar-refractivity contribution in [2.75, 3.05) is 0 Å². The van der Waals surface area contributed by atoms with Crippen LogP contribution in [0.3, 0.4) is 0 Å². The first kappa shape index (κ1) is 20.9. The molecule has 0 bridgehead atoms. The highest BCUT2D eigenvalue weighted by atomic mass is 32.2. The van der Waals surface area contributed by atoms with Crippen molar-refractivity contribution in [2.45, 2.75) is 82.4 Å². The summed E-state index contributed by atoms with van der Waals surface area (Å²) in [5.74, 6) is 0. The largest absolute Gasteiger partial charge is 0.294 e. The van der Waals surface area contributed by atoms with Crippen LogP contribution in [0.15, 0.2) is 41.3 Å². The number of hydrogen-bond donors (Lipinski definition) is 1. The summed E-state index contributed by atoms with van der Waals surface area (Å²) in [6.07, 6.45) is 14.3. The number of rotatable bonds is 12. The minimum Gasteiger partial charge on any atom is -0.282 e. The van der Waals surface area contributed by atoms with Gasteiger partial charge in [0.15, 0.2) is 0 Å². The number of benzene rings is 2. The van der Waals surface area contributed by atoms with Crippen molar-refractivity contribution in [3.63, 3.8) is 0 Å². The molecule has 0 fully saturated rings. The molecule has 26 heavy (non-hydrogen) atoms. The Balaban J connectivity index is 1.73. The minimum absolute atomic E-state index is 0.0407. The molecule has 0 aliphatic carbocycles. The zero-order valence-corrected chi connectivity index (χ0v) is 16.7. The van der Waals surface area contributed by atoms with E-state index >= 15 is 0 Å². The van der Waals surface area contributed by atoms with Crippen LogP contribution >= 0.6 is 0 Å². The molecule has 0 saturated carbocycles. The second-order valence-electron chi connectivity index (χ2n) is 7.25. The van der Waals surface area contributed by atoms with Gasteiger partial charge in [-0.15, -0.1) is 0 Å². The van der Waals surface area contributed by atoms with Crippen molar-refractivity contribution < 1.29 is 13.0 Å². The lowest BCUT2D eigenvalue weighted by Crippen LogP contribution is -1.97. The second-order valence-corrected chi connectivity index (χ2v) is 8.67. The minimum atomic E-state index is -4.14. The molecular weight excluding hydrogens is 344 g/mol. The van der Waals surface area contributed by atoms with E-state index in [2.05, 4.69) is 13.0 Å². The Hall–Kier alpha value is -1.39. The molecule has 0 spiro atoms. The van der Waals surface area contributed by atoms with Gasteiger partial charge < -0.3 is 0 Å². The van der Waals surface area contributed by atoms with Crippen molar-refractivity contribution in [3.8, 4) is 0 Å². The van der Waals surface area contributed by atoms with E-state index in [0.717, 1.165) is 17.2 Å². The molecule has 0 aromatic heterocycles. The lowest BCUT2D eigenvalue weighted by Gasteiger charge is -2.06. The van der Waals surface area contributed by atoms with E-state index in [1.807, 2.05) is 12.1 Å². The van der Waals surface area contributed by atoms with Crippen LogP contribution in [-0.4, -0.2) is 13.0 Å². The van der Waals surface area contributed by atoms with Crippen LogP contribution in [-0.2, 0) is 16.5 Å². The van der Waals surface area contributed by atoms with E-state index in [4.69, 9.17) is 0 Å². The zero-order valence-electron chi connectivity index (χ0n) is 15.9. The van der Waals surface area contributed by atoms with Crippen LogP contribution in [0.2, 0.25) is 0 Å². The van der Waals surface area contributed by atoms with Crippen molar-refractivity contribution in [2.24, 2.45) is 0 Å². The van der Waals surface area contributed by atoms with Gasteiger partial charge in [-0.3, -0.25) is 4.55 Å². The van der Waals surface area contributed by atoms with Crippen LogP contribution in [0.1, 0.15) is 76.7 Å². The van der Waals surface area contributed by atoms with E-state index in [1.165, 1.54) is 75.8 Å². The van der Waals surface area contributed by atoms with Gasteiger partial charge in [0, 0.05) is 0 Å². The average molecular weight is 377 g/mol. The van der Waals surface area contributed by atoms with Gasteiger partial charge in [-0.1, -0.05) is 89.0 Å².